The van der Waals surface area contributed by atoms with Crippen molar-refractivity contribution < 1.29 is 18.3 Å². The van der Waals surface area contributed by atoms with Crippen LogP contribution in [0.3, 0.4) is 0 Å². The summed E-state index contributed by atoms with van der Waals surface area (Å²) in [6.07, 6.45) is 0.0802. The normalized spacial score (nSPS) is 13.9. The van der Waals surface area contributed by atoms with Crippen LogP contribution in [0.25, 0.3) is 0 Å². The lowest BCUT2D eigenvalue weighted by Crippen LogP contribution is -2.13. The van der Waals surface area contributed by atoms with Gasteiger partial charge in [0.15, 0.2) is 9.84 Å². The number of carbonyl (C=O) groups is 1. The maximum atomic E-state index is 11.1. The molecular formula is C8H16O4S2. The van der Waals surface area contributed by atoms with E-state index in [1.165, 1.54) is 11.8 Å². The monoisotopic (exact) mass is 240 g/mol. The summed E-state index contributed by atoms with van der Waals surface area (Å²) in [5.74, 6) is -0.0766. The van der Waals surface area contributed by atoms with Gasteiger partial charge in [-0.2, -0.15) is 11.8 Å². The Morgan fingerprint density at radius 2 is 2.07 bits per heavy atom. The molecule has 0 spiro atoms. The highest BCUT2D eigenvalue weighted by atomic mass is 32.2. The van der Waals surface area contributed by atoms with Gasteiger partial charge in [0, 0.05) is 16.8 Å². The fourth-order valence-corrected chi connectivity index (χ4v) is 3.18. The minimum absolute atomic E-state index is 0.0282. The van der Waals surface area contributed by atoms with Crippen molar-refractivity contribution in [2.75, 3.05) is 17.3 Å². The highest BCUT2D eigenvalue weighted by Crippen LogP contribution is 2.14. The van der Waals surface area contributed by atoms with Crippen molar-refractivity contribution >= 4 is 27.6 Å². The number of carboxylic acid groups (broad SMARTS) is 1. The van der Waals surface area contributed by atoms with Gasteiger partial charge in [-0.25, -0.2) is 8.42 Å². The third kappa shape index (κ3) is 7.20. The average Bonchev–Trinajstić information content (AvgIpc) is 2.02. The van der Waals surface area contributed by atoms with Crippen molar-refractivity contribution in [1.82, 2.24) is 0 Å². The van der Waals surface area contributed by atoms with Crippen molar-refractivity contribution in [1.29, 1.82) is 0 Å². The summed E-state index contributed by atoms with van der Waals surface area (Å²) >= 11 is 1.39. The second-order valence-corrected chi connectivity index (χ2v) is 7.03. The highest BCUT2D eigenvalue weighted by molar-refractivity contribution is 8.01. The van der Waals surface area contributed by atoms with Gasteiger partial charge in [0.2, 0.25) is 0 Å². The minimum Gasteiger partial charge on any atom is -0.481 e. The molecule has 0 radical (unpaired) electrons. The van der Waals surface area contributed by atoms with Gasteiger partial charge in [-0.1, -0.05) is 13.8 Å². The van der Waals surface area contributed by atoms with Gasteiger partial charge in [0.1, 0.15) is 0 Å². The summed E-state index contributed by atoms with van der Waals surface area (Å²) in [5, 5.41) is 8.43. The lowest BCUT2D eigenvalue weighted by molar-refractivity contribution is -0.136. The predicted octanol–water partition coefficient (Wildman–Crippen LogP) is 1.02. The van der Waals surface area contributed by atoms with Gasteiger partial charge < -0.3 is 5.11 Å². The standard InChI is InChI=1S/C8H16O4S2/c1-3-14(11,12)5-4-13-7(2)6-8(9)10/h7H,3-6H2,1-2H3,(H,9,10). The van der Waals surface area contributed by atoms with Crippen LogP contribution >= 0.6 is 11.8 Å². The zero-order valence-corrected chi connectivity index (χ0v) is 10.0. The summed E-state index contributed by atoms with van der Waals surface area (Å²) in [5.41, 5.74) is 0. The number of hydrogen-bond acceptors (Lipinski definition) is 4. The third-order valence-corrected chi connectivity index (χ3v) is 4.84. The van der Waals surface area contributed by atoms with E-state index in [0.717, 1.165) is 0 Å². The quantitative estimate of drug-likeness (QED) is 0.719. The summed E-state index contributed by atoms with van der Waals surface area (Å²) < 4.78 is 22.1. The zero-order chi connectivity index (χ0) is 11.2. The first-order valence-corrected chi connectivity index (χ1v) is 7.28. The van der Waals surface area contributed by atoms with Crippen LogP contribution in [0.15, 0.2) is 0 Å². The molecule has 14 heavy (non-hydrogen) atoms. The summed E-state index contributed by atoms with van der Waals surface area (Å²) in [6, 6.07) is 0. The average molecular weight is 240 g/mol. The van der Waals surface area contributed by atoms with Crippen LogP contribution in [0.4, 0.5) is 0 Å². The molecule has 0 rings (SSSR count). The smallest absolute Gasteiger partial charge is 0.304 e. The van der Waals surface area contributed by atoms with Gasteiger partial charge in [0.25, 0.3) is 0 Å². The van der Waals surface area contributed by atoms with Crippen LogP contribution in [-0.2, 0) is 14.6 Å². The van der Waals surface area contributed by atoms with Crippen LogP contribution in [0, 0.1) is 0 Å². The maximum absolute atomic E-state index is 11.1. The molecule has 84 valence electrons. The number of sulfone groups is 1. The third-order valence-electron chi connectivity index (χ3n) is 1.70. The molecule has 0 saturated carbocycles. The number of thioether (sulfide) groups is 1. The molecule has 0 bridgehead atoms. The molecule has 4 nitrogen and oxygen atoms in total. The van der Waals surface area contributed by atoms with Gasteiger partial charge >= 0.3 is 5.97 Å². The first-order chi connectivity index (χ1) is 6.37. The molecule has 0 aromatic heterocycles. The van der Waals surface area contributed by atoms with Crippen LogP contribution in [0.2, 0.25) is 0 Å². The van der Waals surface area contributed by atoms with Crippen molar-refractivity contribution in [2.45, 2.75) is 25.5 Å². The van der Waals surface area contributed by atoms with E-state index in [9.17, 15) is 13.2 Å². The van der Waals surface area contributed by atoms with Crippen LogP contribution in [-0.4, -0.2) is 42.0 Å². The molecule has 1 unspecified atom stereocenters. The topological polar surface area (TPSA) is 71.4 Å². The highest BCUT2D eigenvalue weighted by Gasteiger charge is 2.11. The molecule has 6 heteroatoms. The van der Waals surface area contributed by atoms with E-state index in [2.05, 4.69) is 0 Å². The molecule has 0 heterocycles. The van der Waals surface area contributed by atoms with Crippen molar-refractivity contribution in [2.24, 2.45) is 0 Å². The lowest BCUT2D eigenvalue weighted by Gasteiger charge is -2.07. The van der Waals surface area contributed by atoms with Crippen LogP contribution in [0.5, 0.6) is 0 Å². The Bertz CT molecular complexity index is 271. The molecule has 0 aliphatic rings. The lowest BCUT2D eigenvalue weighted by atomic mass is 10.3. The molecule has 0 aliphatic heterocycles. The predicted molar refractivity (Wildman–Crippen MR) is 58.5 cm³/mol. The molecule has 0 aliphatic carbocycles. The Morgan fingerprint density at radius 1 is 1.50 bits per heavy atom. The Labute approximate surface area is 89.0 Å². The van der Waals surface area contributed by atoms with E-state index in [0.29, 0.717) is 5.75 Å². The zero-order valence-electron chi connectivity index (χ0n) is 8.39. The molecule has 0 aromatic rings. The first kappa shape index (κ1) is 13.8. The molecule has 1 atom stereocenters. The van der Waals surface area contributed by atoms with Gasteiger partial charge in [-0.15, -0.1) is 0 Å². The Morgan fingerprint density at radius 3 is 2.50 bits per heavy atom. The van der Waals surface area contributed by atoms with Crippen molar-refractivity contribution in [3.63, 3.8) is 0 Å². The molecule has 0 aromatic carbocycles. The van der Waals surface area contributed by atoms with Crippen molar-refractivity contribution in [3.05, 3.63) is 0 Å². The fraction of sp³-hybridized carbons (Fsp3) is 0.875. The SMILES string of the molecule is CCS(=O)(=O)CCSC(C)CC(=O)O. The molecular weight excluding hydrogens is 224 g/mol. The largest absolute Gasteiger partial charge is 0.481 e. The summed E-state index contributed by atoms with van der Waals surface area (Å²) in [4.78, 5) is 10.3. The van der Waals surface area contributed by atoms with E-state index >= 15 is 0 Å². The van der Waals surface area contributed by atoms with Crippen LogP contribution < -0.4 is 0 Å². The molecule has 1 N–H and O–H groups in total. The van der Waals surface area contributed by atoms with Gasteiger partial charge in [-0.05, 0) is 0 Å². The van der Waals surface area contributed by atoms with E-state index < -0.39 is 15.8 Å². The summed E-state index contributed by atoms with van der Waals surface area (Å²) in [6.45, 7) is 3.40. The Balaban J connectivity index is 3.69. The van der Waals surface area contributed by atoms with E-state index in [1.807, 2.05) is 0 Å². The number of aliphatic carboxylic acids is 1. The van der Waals surface area contributed by atoms with Crippen LogP contribution in [0.1, 0.15) is 20.3 Å². The Hall–Kier alpha value is -0.230. The fourth-order valence-electron chi connectivity index (χ4n) is 0.825. The number of rotatable bonds is 7. The molecule has 0 saturated heterocycles. The van der Waals surface area contributed by atoms with E-state index in [1.54, 1.807) is 13.8 Å². The second kappa shape index (κ2) is 6.29. The van der Waals surface area contributed by atoms with Crippen molar-refractivity contribution in [3.8, 4) is 0 Å². The number of hydrogen-bond donors (Lipinski definition) is 1. The first-order valence-electron chi connectivity index (χ1n) is 4.41. The minimum atomic E-state index is -2.91. The van der Waals surface area contributed by atoms with Gasteiger partial charge in [0.05, 0.1) is 12.2 Å². The van der Waals surface area contributed by atoms with E-state index in [4.69, 9.17) is 5.11 Å². The second-order valence-electron chi connectivity index (χ2n) is 3.02. The molecule has 0 fully saturated rings. The molecule has 0 amide bonds. The van der Waals surface area contributed by atoms with E-state index in [-0.39, 0.29) is 23.2 Å². The summed E-state index contributed by atoms with van der Waals surface area (Å²) in [7, 11) is -2.91. The number of carboxylic acids is 1. The van der Waals surface area contributed by atoms with Gasteiger partial charge in [-0.3, -0.25) is 4.79 Å². The maximum Gasteiger partial charge on any atom is 0.304 e. The Kier molecular flexibility index (Phi) is 6.19.